The molecular formula is C19H14BrN3O. The molecule has 0 aliphatic rings. The van der Waals surface area contributed by atoms with Crippen molar-refractivity contribution in [2.45, 2.75) is 6.54 Å². The highest BCUT2D eigenvalue weighted by Crippen LogP contribution is 2.13. The molecule has 0 radical (unpaired) electrons. The molecule has 0 saturated heterocycles. The van der Waals surface area contributed by atoms with Gasteiger partial charge in [-0.1, -0.05) is 30.3 Å². The average Bonchev–Trinajstić information content (AvgIpc) is 2.63. The summed E-state index contributed by atoms with van der Waals surface area (Å²) in [6.45, 7) is 0.216. The molecule has 0 atom stereocenters. The van der Waals surface area contributed by atoms with Gasteiger partial charge in [-0.2, -0.15) is 5.26 Å². The number of carbonyl (C=O) groups is 1. The summed E-state index contributed by atoms with van der Waals surface area (Å²) >= 11 is 0. The van der Waals surface area contributed by atoms with Crippen molar-refractivity contribution in [2.75, 3.05) is 0 Å². The van der Waals surface area contributed by atoms with Crippen LogP contribution < -0.4 is 21.5 Å². The SMILES string of the molecule is N#Cc1ccc(C(=O)C[n+]2ccc(-c3ccccc3)nc2)cc1.[Br-]. The first-order valence-electron chi connectivity index (χ1n) is 7.20. The minimum absolute atomic E-state index is 0. The number of benzene rings is 2. The molecule has 4 nitrogen and oxygen atoms in total. The summed E-state index contributed by atoms with van der Waals surface area (Å²) < 4.78 is 1.74. The highest BCUT2D eigenvalue weighted by Gasteiger charge is 2.11. The van der Waals surface area contributed by atoms with Crippen molar-refractivity contribution >= 4 is 5.78 Å². The maximum Gasteiger partial charge on any atom is 0.287 e. The monoisotopic (exact) mass is 379 g/mol. The number of hydrogen-bond acceptors (Lipinski definition) is 3. The normalized spacial score (nSPS) is 9.62. The van der Waals surface area contributed by atoms with E-state index >= 15 is 0 Å². The molecule has 0 amide bonds. The molecule has 3 rings (SSSR count). The maximum absolute atomic E-state index is 12.2. The zero-order valence-electron chi connectivity index (χ0n) is 12.8. The van der Waals surface area contributed by atoms with Crippen LogP contribution in [-0.2, 0) is 6.54 Å². The second-order valence-electron chi connectivity index (χ2n) is 5.10. The van der Waals surface area contributed by atoms with Crippen LogP contribution in [0.3, 0.4) is 0 Å². The third-order valence-electron chi connectivity index (χ3n) is 3.50. The lowest BCUT2D eigenvalue weighted by atomic mass is 10.1. The molecule has 24 heavy (non-hydrogen) atoms. The lowest BCUT2D eigenvalue weighted by Gasteiger charge is -2.01. The van der Waals surface area contributed by atoms with E-state index in [9.17, 15) is 4.79 Å². The number of halogens is 1. The number of hydrogen-bond donors (Lipinski definition) is 0. The van der Waals surface area contributed by atoms with Crippen molar-refractivity contribution < 1.29 is 26.3 Å². The molecular weight excluding hydrogens is 366 g/mol. The number of rotatable bonds is 4. The fourth-order valence-electron chi connectivity index (χ4n) is 2.25. The number of aromatic nitrogens is 2. The van der Waals surface area contributed by atoms with Crippen LogP contribution in [0.25, 0.3) is 11.3 Å². The largest absolute Gasteiger partial charge is 1.00 e. The molecule has 0 aliphatic carbocycles. The second kappa shape index (κ2) is 8.14. The van der Waals surface area contributed by atoms with Gasteiger partial charge >= 0.3 is 0 Å². The summed E-state index contributed by atoms with van der Waals surface area (Å²) in [5.41, 5.74) is 3.04. The van der Waals surface area contributed by atoms with Gasteiger partial charge in [-0.3, -0.25) is 4.79 Å². The van der Waals surface area contributed by atoms with Crippen LogP contribution in [0, 0.1) is 11.3 Å². The molecule has 0 unspecified atom stereocenters. The Morgan fingerprint density at radius 1 is 1.04 bits per heavy atom. The van der Waals surface area contributed by atoms with Gasteiger partial charge in [0, 0.05) is 17.2 Å². The number of carbonyl (C=O) groups excluding carboxylic acids is 1. The molecule has 0 bridgehead atoms. The van der Waals surface area contributed by atoms with Gasteiger partial charge in [0.05, 0.1) is 17.8 Å². The third kappa shape index (κ3) is 4.12. The van der Waals surface area contributed by atoms with Gasteiger partial charge in [0.2, 0.25) is 5.78 Å². The van der Waals surface area contributed by atoms with E-state index in [1.54, 1.807) is 35.2 Å². The van der Waals surface area contributed by atoms with Crippen molar-refractivity contribution in [3.05, 3.63) is 84.3 Å². The Morgan fingerprint density at radius 3 is 2.33 bits per heavy atom. The first-order chi connectivity index (χ1) is 11.3. The van der Waals surface area contributed by atoms with Gasteiger partial charge < -0.3 is 17.0 Å². The van der Waals surface area contributed by atoms with Gasteiger partial charge in [-0.15, -0.1) is 0 Å². The van der Waals surface area contributed by atoms with Gasteiger partial charge in [0.15, 0.2) is 12.2 Å². The maximum atomic E-state index is 12.2. The Morgan fingerprint density at radius 2 is 1.75 bits per heavy atom. The Kier molecular flexibility index (Phi) is 5.94. The van der Waals surface area contributed by atoms with Crippen LogP contribution in [0.2, 0.25) is 0 Å². The molecule has 0 saturated carbocycles. The molecule has 3 aromatic rings. The van der Waals surface area contributed by atoms with E-state index in [-0.39, 0.29) is 29.3 Å². The van der Waals surface area contributed by atoms with E-state index in [1.807, 2.05) is 48.7 Å². The van der Waals surface area contributed by atoms with Crippen molar-refractivity contribution in [1.82, 2.24) is 4.98 Å². The third-order valence-corrected chi connectivity index (χ3v) is 3.50. The van der Waals surface area contributed by atoms with Gasteiger partial charge in [-0.25, -0.2) is 4.57 Å². The number of Topliss-reactive ketones (excluding diaryl/α,β-unsaturated/α-hetero) is 1. The van der Waals surface area contributed by atoms with Crippen molar-refractivity contribution in [3.63, 3.8) is 0 Å². The first-order valence-corrected chi connectivity index (χ1v) is 7.20. The van der Waals surface area contributed by atoms with E-state index in [4.69, 9.17) is 5.26 Å². The predicted octanol–water partition coefficient (Wildman–Crippen LogP) is -0.205. The van der Waals surface area contributed by atoms with Crippen LogP contribution in [0.15, 0.2) is 73.2 Å². The first kappa shape index (κ1) is 17.5. The number of nitriles is 1. The lowest BCUT2D eigenvalue weighted by molar-refractivity contribution is -0.686. The van der Waals surface area contributed by atoms with Crippen LogP contribution >= 0.6 is 0 Å². The summed E-state index contributed by atoms with van der Waals surface area (Å²) in [6, 6.07) is 20.5. The Bertz CT molecular complexity index is 854. The van der Waals surface area contributed by atoms with Gasteiger partial charge in [0.25, 0.3) is 6.33 Å². The number of ketones is 1. The van der Waals surface area contributed by atoms with E-state index in [2.05, 4.69) is 4.98 Å². The molecule has 0 fully saturated rings. The highest BCUT2D eigenvalue weighted by molar-refractivity contribution is 5.95. The molecule has 0 N–H and O–H groups in total. The van der Waals surface area contributed by atoms with E-state index in [0.717, 1.165) is 11.3 Å². The predicted molar refractivity (Wildman–Crippen MR) is 85.4 cm³/mol. The Hall–Kier alpha value is -2.84. The molecule has 1 aromatic heterocycles. The molecule has 1 heterocycles. The van der Waals surface area contributed by atoms with Crippen molar-refractivity contribution in [3.8, 4) is 17.3 Å². The van der Waals surface area contributed by atoms with Gasteiger partial charge in [0.1, 0.15) is 0 Å². The van der Waals surface area contributed by atoms with E-state index in [1.165, 1.54) is 0 Å². The molecule has 5 heteroatoms. The van der Waals surface area contributed by atoms with Crippen LogP contribution in [0.5, 0.6) is 0 Å². The highest BCUT2D eigenvalue weighted by atomic mass is 79.9. The Balaban J connectivity index is 0.00000208. The zero-order valence-corrected chi connectivity index (χ0v) is 14.3. The topological polar surface area (TPSA) is 57.6 Å². The molecule has 2 aromatic carbocycles. The van der Waals surface area contributed by atoms with E-state index < -0.39 is 0 Å². The lowest BCUT2D eigenvalue weighted by Crippen LogP contribution is -3.00. The molecule has 0 aliphatic heterocycles. The summed E-state index contributed by atoms with van der Waals surface area (Å²) in [7, 11) is 0. The smallest absolute Gasteiger partial charge is 0.287 e. The number of nitrogens with zero attached hydrogens (tertiary/aromatic N) is 3. The summed E-state index contributed by atoms with van der Waals surface area (Å²) in [5.74, 6) is -0.0197. The fourth-order valence-corrected chi connectivity index (χ4v) is 2.25. The summed E-state index contributed by atoms with van der Waals surface area (Å²) in [5, 5.41) is 8.77. The fraction of sp³-hybridized carbons (Fsp3) is 0.0526. The van der Waals surface area contributed by atoms with Crippen LogP contribution in [0.1, 0.15) is 15.9 Å². The summed E-state index contributed by atoms with van der Waals surface area (Å²) in [6.07, 6.45) is 3.50. The molecule has 0 spiro atoms. The van der Waals surface area contributed by atoms with Crippen molar-refractivity contribution in [2.24, 2.45) is 0 Å². The van der Waals surface area contributed by atoms with Gasteiger partial charge in [-0.05, 0) is 29.2 Å². The van der Waals surface area contributed by atoms with Crippen molar-refractivity contribution in [1.29, 1.82) is 5.26 Å². The average molecular weight is 380 g/mol. The van der Waals surface area contributed by atoms with Crippen LogP contribution in [-0.4, -0.2) is 10.8 Å². The standard InChI is InChI=1S/C19H14N3O.BrH/c20-12-15-6-8-17(9-7-15)19(23)13-22-11-10-18(21-14-22)16-4-2-1-3-5-16;/h1-11,14H,13H2;1H/q+1;/p-1. The quantitative estimate of drug-likeness (QED) is 0.465. The second-order valence-corrected chi connectivity index (χ2v) is 5.10. The zero-order chi connectivity index (χ0) is 16.1. The minimum atomic E-state index is -0.0197. The minimum Gasteiger partial charge on any atom is -1.00 e. The van der Waals surface area contributed by atoms with Crippen LogP contribution in [0.4, 0.5) is 0 Å². The summed E-state index contributed by atoms with van der Waals surface area (Å²) in [4.78, 5) is 16.6. The molecule has 118 valence electrons. The van der Waals surface area contributed by atoms with E-state index in [0.29, 0.717) is 11.1 Å². The Labute approximate surface area is 150 Å².